The number of rotatable bonds is 10. The lowest BCUT2D eigenvalue weighted by Gasteiger charge is -2.34. The lowest BCUT2D eigenvalue weighted by atomic mass is 9.85. The van der Waals surface area contributed by atoms with E-state index in [0.29, 0.717) is 0 Å². The van der Waals surface area contributed by atoms with Crippen molar-refractivity contribution in [1.29, 1.82) is 0 Å². The maximum atomic E-state index is 13.5. The van der Waals surface area contributed by atoms with E-state index >= 15 is 0 Å². The number of hydrogen-bond acceptors (Lipinski definition) is 5. The quantitative estimate of drug-likeness (QED) is 0.400. The monoisotopic (exact) mass is 490 g/mol. The van der Waals surface area contributed by atoms with Gasteiger partial charge in [-0.05, 0) is 23.1 Å². The molecule has 0 spiro atoms. The number of carbonyl (C=O) groups is 3. The van der Waals surface area contributed by atoms with Crippen molar-refractivity contribution in [2.75, 3.05) is 7.05 Å². The molecule has 3 aromatic rings. The van der Waals surface area contributed by atoms with Crippen LogP contribution >= 0.6 is 0 Å². The van der Waals surface area contributed by atoms with Gasteiger partial charge in [-0.25, -0.2) is 9.59 Å². The van der Waals surface area contributed by atoms with Crippen molar-refractivity contribution >= 4 is 18.0 Å². The molecule has 0 aliphatic rings. The molecular weight excluding hydrogens is 460 g/mol. The van der Waals surface area contributed by atoms with Gasteiger partial charge in [-0.3, -0.25) is 4.79 Å². The van der Waals surface area contributed by atoms with Crippen molar-refractivity contribution < 1.29 is 29.3 Å². The molecule has 0 saturated heterocycles. The van der Waals surface area contributed by atoms with Crippen molar-refractivity contribution in [3.8, 4) is 0 Å². The molecule has 0 aliphatic heterocycles. The molecule has 0 aromatic heterocycles. The topological polar surface area (TPSA) is 116 Å². The SMILES string of the molecule is CC[C@H]([C@H](NC(=O)C(O)(c1ccccc1)c1ccccc1)C(=O)O)N(C)C(=O)OCc1ccccc1. The van der Waals surface area contributed by atoms with E-state index in [4.69, 9.17) is 4.74 Å². The van der Waals surface area contributed by atoms with E-state index in [1.54, 1.807) is 79.7 Å². The second-order valence-corrected chi connectivity index (χ2v) is 8.36. The van der Waals surface area contributed by atoms with Gasteiger partial charge >= 0.3 is 12.1 Å². The van der Waals surface area contributed by atoms with E-state index in [0.717, 1.165) is 10.5 Å². The van der Waals surface area contributed by atoms with E-state index < -0.39 is 35.7 Å². The fraction of sp³-hybridized carbons (Fsp3) is 0.250. The molecule has 0 fully saturated rings. The van der Waals surface area contributed by atoms with Gasteiger partial charge in [-0.1, -0.05) is 97.9 Å². The Labute approximate surface area is 210 Å². The Morgan fingerprint density at radius 1 is 0.889 bits per heavy atom. The minimum absolute atomic E-state index is 0.0201. The average Bonchev–Trinajstić information content (AvgIpc) is 2.92. The zero-order valence-corrected chi connectivity index (χ0v) is 20.2. The molecule has 0 bridgehead atoms. The Hall–Kier alpha value is -4.17. The van der Waals surface area contributed by atoms with Crippen LogP contribution in [0.25, 0.3) is 0 Å². The van der Waals surface area contributed by atoms with E-state index in [2.05, 4.69) is 5.32 Å². The number of carboxylic acids is 1. The second-order valence-electron chi connectivity index (χ2n) is 8.36. The number of amides is 2. The highest BCUT2D eigenvalue weighted by Gasteiger charge is 2.43. The number of aliphatic carboxylic acids is 1. The van der Waals surface area contributed by atoms with Gasteiger partial charge < -0.3 is 25.2 Å². The largest absolute Gasteiger partial charge is 0.480 e. The molecule has 3 rings (SSSR count). The number of carboxylic acid groups (broad SMARTS) is 1. The van der Waals surface area contributed by atoms with Gasteiger partial charge in [0.2, 0.25) is 0 Å². The standard InChI is InChI=1S/C28H30N2O6/c1-3-23(30(2)27(34)36-19-20-13-7-4-8-14-20)24(25(31)32)29-26(33)28(35,21-15-9-5-10-16-21)22-17-11-6-12-18-22/h4-18,23-24,35H,3,19H2,1-2H3,(H,29,33)(H,31,32)/t23-,24+/m1/s1. The zero-order valence-electron chi connectivity index (χ0n) is 20.2. The highest BCUT2D eigenvalue weighted by molar-refractivity contribution is 5.93. The molecule has 8 heteroatoms. The predicted octanol–water partition coefficient (Wildman–Crippen LogP) is 3.54. The minimum atomic E-state index is -2.15. The highest BCUT2D eigenvalue weighted by atomic mass is 16.6. The average molecular weight is 491 g/mol. The molecule has 0 heterocycles. The molecule has 2 atom stereocenters. The van der Waals surface area contributed by atoms with Crippen molar-refractivity contribution in [3.05, 3.63) is 108 Å². The smallest absolute Gasteiger partial charge is 0.410 e. The molecule has 0 unspecified atom stereocenters. The summed E-state index contributed by atoms with van der Waals surface area (Å²) in [7, 11) is 1.42. The molecule has 0 radical (unpaired) electrons. The van der Waals surface area contributed by atoms with Crippen LogP contribution in [0.4, 0.5) is 4.79 Å². The van der Waals surface area contributed by atoms with Gasteiger partial charge in [0.15, 0.2) is 5.60 Å². The van der Waals surface area contributed by atoms with Crippen LogP contribution in [0.15, 0.2) is 91.0 Å². The zero-order chi connectivity index (χ0) is 26.1. The van der Waals surface area contributed by atoms with Crippen LogP contribution in [0, 0.1) is 0 Å². The Morgan fingerprint density at radius 2 is 1.36 bits per heavy atom. The number of nitrogens with zero attached hydrogens (tertiary/aromatic N) is 1. The first kappa shape index (κ1) is 26.4. The van der Waals surface area contributed by atoms with Crippen molar-refractivity contribution in [2.45, 2.75) is 37.6 Å². The lowest BCUT2D eigenvalue weighted by molar-refractivity contribution is -0.147. The summed E-state index contributed by atoms with van der Waals surface area (Å²) >= 11 is 0. The van der Waals surface area contributed by atoms with Crippen LogP contribution in [0.1, 0.15) is 30.0 Å². The molecule has 3 N–H and O–H groups in total. The normalized spacial score (nSPS) is 12.8. The fourth-order valence-corrected chi connectivity index (χ4v) is 4.05. The van der Waals surface area contributed by atoms with Gasteiger partial charge in [-0.15, -0.1) is 0 Å². The minimum Gasteiger partial charge on any atom is -0.480 e. The molecule has 36 heavy (non-hydrogen) atoms. The Kier molecular flexibility index (Phi) is 8.81. The number of aliphatic hydroxyl groups is 1. The Bertz CT molecular complexity index is 1110. The summed E-state index contributed by atoms with van der Waals surface area (Å²) in [4.78, 5) is 39.7. The lowest BCUT2D eigenvalue weighted by Crippen LogP contribution is -2.59. The third-order valence-corrected chi connectivity index (χ3v) is 6.06. The second kappa shape index (κ2) is 12.0. The number of benzene rings is 3. The summed E-state index contributed by atoms with van der Waals surface area (Å²) in [5.74, 6) is -2.27. The Balaban J connectivity index is 1.84. The van der Waals surface area contributed by atoms with E-state index in [1.165, 1.54) is 7.05 Å². The molecule has 8 nitrogen and oxygen atoms in total. The third kappa shape index (κ3) is 5.90. The number of ether oxygens (including phenoxy) is 1. The summed E-state index contributed by atoms with van der Waals surface area (Å²) in [6.07, 6.45) is -0.517. The summed E-state index contributed by atoms with van der Waals surface area (Å²) in [6, 6.07) is 23.2. The molecule has 0 saturated carbocycles. The summed E-state index contributed by atoms with van der Waals surface area (Å²) in [5.41, 5.74) is -0.810. The molecule has 2 amide bonds. The molecule has 3 aromatic carbocycles. The van der Waals surface area contributed by atoms with Gasteiger partial charge in [-0.2, -0.15) is 0 Å². The summed E-state index contributed by atoms with van der Waals surface area (Å²) in [6.45, 7) is 1.72. The van der Waals surface area contributed by atoms with Crippen LogP contribution in [-0.4, -0.2) is 52.2 Å². The fourth-order valence-electron chi connectivity index (χ4n) is 4.05. The maximum Gasteiger partial charge on any atom is 0.410 e. The van der Waals surface area contributed by atoms with Crippen molar-refractivity contribution in [3.63, 3.8) is 0 Å². The van der Waals surface area contributed by atoms with Gasteiger partial charge in [0, 0.05) is 7.05 Å². The van der Waals surface area contributed by atoms with Gasteiger partial charge in [0.25, 0.3) is 5.91 Å². The Morgan fingerprint density at radius 3 is 1.81 bits per heavy atom. The number of hydrogen-bond donors (Lipinski definition) is 3. The first-order chi connectivity index (χ1) is 17.3. The summed E-state index contributed by atoms with van der Waals surface area (Å²) < 4.78 is 5.35. The first-order valence-electron chi connectivity index (χ1n) is 11.6. The number of likely N-dealkylation sites (N-methyl/N-ethyl adjacent to an activating group) is 1. The van der Waals surface area contributed by atoms with Crippen LogP contribution in [0.2, 0.25) is 0 Å². The molecule has 0 aliphatic carbocycles. The van der Waals surface area contributed by atoms with Crippen LogP contribution in [0.5, 0.6) is 0 Å². The van der Waals surface area contributed by atoms with E-state index in [-0.39, 0.29) is 24.2 Å². The van der Waals surface area contributed by atoms with Crippen LogP contribution < -0.4 is 5.32 Å². The first-order valence-corrected chi connectivity index (χ1v) is 11.6. The molecular formula is C28H30N2O6. The third-order valence-electron chi connectivity index (χ3n) is 6.06. The van der Waals surface area contributed by atoms with Gasteiger partial charge in [0.1, 0.15) is 12.6 Å². The molecule has 188 valence electrons. The van der Waals surface area contributed by atoms with Gasteiger partial charge in [0.05, 0.1) is 6.04 Å². The number of carbonyl (C=O) groups excluding carboxylic acids is 2. The predicted molar refractivity (Wildman–Crippen MR) is 134 cm³/mol. The van der Waals surface area contributed by atoms with Crippen LogP contribution in [0.3, 0.4) is 0 Å². The van der Waals surface area contributed by atoms with Crippen molar-refractivity contribution in [1.82, 2.24) is 10.2 Å². The van der Waals surface area contributed by atoms with E-state index in [1.807, 2.05) is 18.2 Å². The van der Waals surface area contributed by atoms with Crippen molar-refractivity contribution in [2.24, 2.45) is 0 Å². The highest BCUT2D eigenvalue weighted by Crippen LogP contribution is 2.30. The maximum absolute atomic E-state index is 13.5. The number of nitrogens with one attached hydrogen (secondary N) is 1. The summed E-state index contributed by atoms with van der Waals surface area (Å²) in [5, 5.41) is 24.1. The van der Waals surface area contributed by atoms with E-state index in [9.17, 15) is 24.6 Å². The van der Waals surface area contributed by atoms with Crippen LogP contribution in [-0.2, 0) is 26.5 Å².